The molecule has 1 N–H and O–H groups in total. The van der Waals surface area contributed by atoms with E-state index in [0.29, 0.717) is 23.7 Å². The summed E-state index contributed by atoms with van der Waals surface area (Å²) < 4.78 is 0. The van der Waals surface area contributed by atoms with Crippen LogP contribution in [0.3, 0.4) is 0 Å². The van der Waals surface area contributed by atoms with Gasteiger partial charge in [0.1, 0.15) is 6.07 Å². The van der Waals surface area contributed by atoms with E-state index >= 15 is 0 Å². The van der Waals surface area contributed by atoms with Crippen molar-refractivity contribution in [1.29, 1.82) is 5.26 Å². The van der Waals surface area contributed by atoms with Crippen LogP contribution in [0, 0.1) is 11.3 Å². The van der Waals surface area contributed by atoms with E-state index in [4.69, 9.17) is 5.26 Å². The van der Waals surface area contributed by atoms with E-state index in [1.54, 1.807) is 18.2 Å². The Morgan fingerprint density at radius 3 is 2.67 bits per heavy atom. The van der Waals surface area contributed by atoms with Gasteiger partial charge in [0.25, 0.3) is 0 Å². The van der Waals surface area contributed by atoms with Crippen LogP contribution in [0.2, 0.25) is 0 Å². The van der Waals surface area contributed by atoms with Crippen LogP contribution in [0.4, 0.5) is 5.69 Å². The maximum Gasteiger partial charge on any atom is 0.224 e. The summed E-state index contributed by atoms with van der Waals surface area (Å²) in [5.41, 5.74) is 1.10. The van der Waals surface area contributed by atoms with Crippen molar-refractivity contribution in [3.05, 3.63) is 29.8 Å². The van der Waals surface area contributed by atoms with Gasteiger partial charge in [-0.25, -0.2) is 0 Å². The molecule has 0 fully saturated rings. The third-order valence-electron chi connectivity index (χ3n) is 3.41. The van der Waals surface area contributed by atoms with E-state index in [1.807, 2.05) is 6.07 Å². The molecule has 0 saturated carbocycles. The fourth-order valence-corrected chi connectivity index (χ4v) is 2.26. The molecule has 0 spiro atoms. The van der Waals surface area contributed by atoms with Crippen LogP contribution in [-0.4, -0.2) is 29.9 Å². The van der Waals surface area contributed by atoms with Gasteiger partial charge in [-0.1, -0.05) is 19.1 Å². The van der Waals surface area contributed by atoms with Crippen molar-refractivity contribution < 1.29 is 4.79 Å². The van der Waals surface area contributed by atoms with Crippen LogP contribution in [-0.2, 0) is 4.79 Å². The lowest BCUT2D eigenvalue weighted by Gasteiger charge is -2.25. The Balaban J connectivity index is 2.42. The Kier molecular flexibility index (Phi) is 7.49. The molecular formula is C17H25N3O. The lowest BCUT2D eigenvalue weighted by Crippen LogP contribution is -2.33. The van der Waals surface area contributed by atoms with Crippen molar-refractivity contribution in [1.82, 2.24) is 4.90 Å². The molecule has 0 radical (unpaired) electrons. The Morgan fingerprint density at radius 2 is 2.05 bits per heavy atom. The molecule has 114 valence electrons. The second kappa shape index (κ2) is 9.15. The molecule has 0 aliphatic heterocycles. The standard InChI is InChI=1S/C17H25N3O/c1-4-11-20(14(2)3)12-7-10-17(21)19-16-9-6-5-8-15(16)13-18/h5-6,8-9,14H,4,7,10-12H2,1-3H3,(H,19,21). The molecule has 0 aliphatic rings. The molecule has 1 aromatic carbocycles. The molecule has 0 saturated heterocycles. The Bertz CT molecular complexity index is 491. The number of carbonyl (C=O) groups is 1. The van der Waals surface area contributed by atoms with E-state index in [9.17, 15) is 4.79 Å². The monoisotopic (exact) mass is 287 g/mol. The predicted molar refractivity (Wildman–Crippen MR) is 86.0 cm³/mol. The van der Waals surface area contributed by atoms with Crippen molar-refractivity contribution in [2.24, 2.45) is 0 Å². The third kappa shape index (κ3) is 5.97. The first-order chi connectivity index (χ1) is 10.1. The number of nitriles is 1. The summed E-state index contributed by atoms with van der Waals surface area (Å²) in [6.07, 6.45) is 2.44. The summed E-state index contributed by atoms with van der Waals surface area (Å²) in [5.74, 6) is -0.0297. The summed E-state index contributed by atoms with van der Waals surface area (Å²) in [6, 6.07) is 9.66. The minimum Gasteiger partial charge on any atom is -0.325 e. The van der Waals surface area contributed by atoms with Gasteiger partial charge in [-0.2, -0.15) is 5.26 Å². The van der Waals surface area contributed by atoms with Crippen molar-refractivity contribution in [2.45, 2.75) is 46.1 Å². The van der Waals surface area contributed by atoms with Crippen LogP contribution >= 0.6 is 0 Å². The number of benzene rings is 1. The molecule has 0 aromatic heterocycles. The second-order valence-corrected chi connectivity index (χ2v) is 5.44. The van der Waals surface area contributed by atoms with Gasteiger partial charge in [-0.3, -0.25) is 4.79 Å². The fourth-order valence-electron chi connectivity index (χ4n) is 2.26. The van der Waals surface area contributed by atoms with Gasteiger partial charge < -0.3 is 10.2 Å². The van der Waals surface area contributed by atoms with E-state index in [2.05, 4.69) is 37.1 Å². The minimum atomic E-state index is -0.0297. The normalized spacial score (nSPS) is 10.7. The highest BCUT2D eigenvalue weighted by Crippen LogP contribution is 2.14. The van der Waals surface area contributed by atoms with E-state index in [0.717, 1.165) is 25.9 Å². The van der Waals surface area contributed by atoms with Gasteiger partial charge in [0.2, 0.25) is 5.91 Å². The molecule has 21 heavy (non-hydrogen) atoms. The predicted octanol–water partition coefficient (Wildman–Crippen LogP) is 3.40. The number of anilines is 1. The Morgan fingerprint density at radius 1 is 1.33 bits per heavy atom. The number of para-hydroxylation sites is 1. The molecule has 1 rings (SSSR count). The van der Waals surface area contributed by atoms with Crippen molar-refractivity contribution in [3.63, 3.8) is 0 Å². The van der Waals surface area contributed by atoms with Crippen LogP contribution in [0.1, 0.15) is 45.6 Å². The Labute approximate surface area is 127 Å². The molecule has 0 bridgehead atoms. The molecular weight excluding hydrogens is 262 g/mol. The van der Waals surface area contributed by atoms with Gasteiger partial charge in [-0.15, -0.1) is 0 Å². The number of hydrogen-bond donors (Lipinski definition) is 1. The highest BCUT2D eigenvalue weighted by molar-refractivity contribution is 5.92. The van der Waals surface area contributed by atoms with Crippen LogP contribution in [0.25, 0.3) is 0 Å². The van der Waals surface area contributed by atoms with Gasteiger partial charge in [0, 0.05) is 12.5 Å². The van der Waals surface area contributed by atoms with Gasteiger partial charge in [0.15, 0.2) is 0 Å². The largest absolute Gasteiger partial charge is 0.325 e. The molecule has 0 unspecified atom stereocenters. The van der Waals surface area contributed by atoms with Gasteiger partial charge >= 0.3 is 0 Å². The fraction of sp³-hybridized carbons (Fsp3) is 0.529. The highest BCUT2D eigenvalue weighted by atomic mass is 16.1. The minimum absolute atomic E-state index is 0.0297. The molecule has 1 aromatic rings. The number of carbonyl (C=O) groups excluding carboxylic acids is 1. The van der Waals surface area contributed by atoms with Crippen molar-refractivity contribution in [3.8, 4) is 6.07 Å². The SMILES string of the molecule is CCCN(CCCC(=O)Nc1ccccc1C#N)C(C)C. The van der Waals surface area contributed by atoms with E-state index < -0.39 is 0 Å². The quantitative estimate of drug-likeness (QED) is 0.797. The summed E-state index contributed by atoms with van der Waals surface area (Å²) in [7, 11) is 0. The summed E-state index contributed by atoms with van der Waals surface area (Å²) in [4.78, 5) is 14.3. The van der Waals surface area contributed by atoms with Crippen LogP contribution in [0.5, 0.6) is 0 Å². The number of nitrogens with one attached hydrogen (secondary N) is 1. The number of rotatable bonds is 8. The molecule has 1 amide bonds. The first-order valence-corrected chi connectivity index (χ1v) is 7.61. The summed E-state index contributed by atoms with van der Waals surface area (Å²) in [6.45, 7) is 8.52. The first kappa shape index (κ1) is 17.2. The Hall–Kier alpha value is -1.86. The number of hydrogen-bond acceptors (Lipinski definition) is 3. The molecule has 4 heteroatoms. The topological polar surface area (TPSA) is 56.1 Å². The van der Waals surface area contributed by atoms with Gasteiger partial charge in [-0.05, 0) is 51.9 Å². The maximum atomic E-state index is 12.0. The zero-order chi connectivity index (χ0) is 15.7. The summed E-state index contributed by atoms with van der Waals surface area (Å²) >= 11 is 0. The molecule has 0 atom stereocenters. The third-order valence-corrected chi connectivity index (χ3v) is 3.41. The smallest absolute Gasteiger partial charge is 0.224 e. The lowest BCUT2D eigenvalue weighted by molar-refractivity contribution is -0.116. The maximum absolute atomic E-state index is 12.0. The van der Waals surface area contributed by atoms with E-state index in [1.165, 1.54) is 0 Å². The zero-order valence-corrected chi connectivity index (χ0v) is 13.2. The zero-order valence-electron chi connectivity index (χ0n) is 13.2. The van der Waals surface area contributed by atoms with Crippen molar-refractivity contribution in [2.75, 3.05) is 18.4 Å². The van der Waals surface area contributed by atoms with Crippen LogP contribution in [0.15, 0.2) is 24.3 Å². The second-order valence-electron chi connectivity index (χ2n) is 5.44. The van der Waals surface area contributed by atoms with Gasteiger partial charge in [0.05, 0.1) is 11.3 Å². The number of nitrogens with zero attached hydrogens (tertiary/aromatic N) is 2. The molecule has 4 nitrogen and oxygen atoms in total. The molecule has 0 heterocycles. The van der Waals surface area contributed by atoms with Crippen LogP contribution < -0.4 is 5.32 Å². The molecule has 0 aliphatic carbocycles. The van der Waals surface area contributed by atoms with Crippen molar-refractivity contribution >= 4 is 11.6 Å². The highest BCUT2D eigenvalue weighted by Gasteiger charge is 2.10. The first-order valence-electron chi connectivity index (χ1n) is 7.61. The van der Waals surface area contributed by atoms with E-state index in [-0.39, 0.29) is 5.91 Å². The lowest BCUT2D eigenvalue weighted by atomic mass is 10.2. The number of amides is 1. The summed E-state index contributed by atoms with van der Waals surface area (Å²) in [5, 5.41) is 11.8. The average molecular weight is 287 g/mol. The average Bonchev–Trinajstić information content (AvgIpc) is 2.46.